The Morgan fingerprint density at radius 2 is 1.83 bits per heavy atom. The molecule has 196 valence electrons. The number of aliphatic hydroxyl groups excluding tert-OH is 2. The summed E-state index contributed by atoms with van der Waals surface area (Å²) >= 11 is 0. The summed E-state index contributed by atoms with van der Waals surface area (Å²) in [4.78, 5) is 18.8. The van der Waals surface area contributed by atoms with Crippen molar-refractivity contribution in [3.8, 4) is 11.5 Å². The highest BCUT2D eigenvalue weighted by Crippen LogP contribution is 2.27. The molecule has 1 aromatic carbocycles. The first-order valence-corrected chi connectivity index (χ1v) is 10.8. The van der Waals surface area contributed by atoms with Gasteiger partial charge in [0.1, 0.15) is 23.7 Å². The molecule has 0 spiro atoms. The first-order valence-electron chi connectivity index (χ1n) is 10.8. The summed E-state index contributed by atoms with van der Waals surface area (Å²) in [7, 11) is 4.95. The van der Waals surface area contributed by atoms with Crippen LogP contribution in [-0.2, 0) is 11.2 Å². The van der Waals surface area contributed by atoms with Gasteiger partial charge in [-0.25, -0.2) is 4.79 Å². The van der Waals surface area contributed by atoms with E-state index in [9.17, 15) is 15.0 Å². The van der Waals surface area contributed by atoms with Crippen molar-refractivity contribution in [2.45, 2.75) is 30.8 Å². The van der Waals surface area contributed by atoms with Gasteiger partial charge in [0, 0.05) is 55.3 Å². The van der Waals surface area contributed by atoms with Crippen molar-refractivity contribution in [2.24, 2.45) is 0 Å². The predicted octanol–water partition coefficient (Wildman–Crippen LogP) is 1.73. The molecule has 2 heterocycles. The largest absolute Gasteiger partial charge is 0.497 e. The molecule has 0 radical (unpaired) electrons. The van der Waals surface area contributed by atoms with E-state index in [4.69, 9.17) is 14.2 Å². The lowest BCUT2D eigenvalue weighted by Gasteiger charge is -2.30. The number of methoxy groups -OCH3 is 2. The quantitative estimate of drug-likeness (QED) is 0.364. The zero-order chi connectivity index (χ0) is 23.8. The van der Waals surface area contributed by atoms with Crippen LogP contribution >= 0.6 is 24.8 Å². The van der Waals surface area contributed by atoms with Crippen molar-refractivity contribution in [1.29, 1.82) is 0 Å². The summed E-state index contributed by atoms with van der Waals surface area (Å²) in [5.41, 5.74) is 1.45. The van der Waals surface area contributed by atoms with Gasteiger partial charge in [-0.05, 0) is 19.2 Å². The number of nitrogens with one attached hydrogen (secondary N) is 2. The van der Waals surface area contributed by atoms with Crippen molar-refractivity contribution in [1.82, 2.24) is 15.2 Å². The molecule has 1 aliphatic heterocycles. The third kappa shape index (κ3) is 8.38. The number of carbonyl (C=O) groups excluding carboxylic acids is 1. The second-order valence-electron chi connectivity index (χ2n) is 7.86. The van der Waals surface area contributed by atoms with E-state index in [2.05, 4.69) is 15.6 Å². The Balaban J connectivity index is 0.00000306. The van der Waals surface area contributed by atoms with E-state index in [-0.39, 0.29) is 38.0 Å². The molecule has 4 atom stereocenters. The van der Waals surface area contributed by atoms with Crippen LogP contribution in [0, 0.1) is 0 Å². The molecule has 0 saturated carbocycles. The topological polar surface area (TPSA) is 125 Å². The summed E-state index contributed by atoms with van der Waals surface area (Å²) in [6, 6.07) is 9.96. The number of halogens is 2. The minimum absolute atomic E-state index is 0. The third-order valence-corrected chi connectivity index (χ3v) is 5.67. The number of ether oxygens (including phenoxy) is 3. The van der Waals surface area contributed by atoms with Crippen LogP contribution in [0.25, 0.3) is 0 Å². The minimum atomic E-state index is -0.888. The average Bonchev–Trinajstić information content (AvgIpc) is 3.16. The number of likely N-dealkylation sites (N-methyl/N-ethyl adjacent to an activating group) is 1. The Labute approximate surface area is 217 Å². The molecule has 1 aliphatic rings. The fraction of sp³-hybridized carbons (Fsp3) is 0.478. The molecule has 1 saturated heterocycles. The first kappa shape index (κ1) is 30.7. The molecular formula is C23H34Cl2N4O6. The van der Waals surface area contributed by atoms with Gasteiger partial charge >= 0.3 is 6.03 Å². The van der Waals surface area contributed by atoms with Gasteiger partial charge in [0.05, 0.1) is 33.0 Å². The second kappa shape index (κ2) is 14.9. The number of pyridine rings is 1. The molecule has 1 fully saturated rings. The van der Waals surface area contributed by atoms with Crippen molar-refractivity contribution >= 4 is 36.5 Å². The van der Waals surface area contributed by atoms with Gasteiger partial charge in [-0.15, -0.1) is 24.8 Å². The lowest BCUT2D eigenvalue weighted by molar-refractivity contribution is -0.0205. The maximum absolute atomic E-state index is 12.5. The first-order chi connectivity index (χ1) is 15.9. The van der Waals surface area contributed by atoms with Crippen LogP contribution in [0.5, 0.6) is 11.5 Å². The number of carbonyl (C=O) groups is 1. The fourth-order valence-electron chi connectivity index (χ4n) is 3.92. The molecule has 2 amide bonds. The summed E-state index contributed by atoms with van der Waals surface area (Å²) in [6.07, 6.45) is 0.332. The Morgan fingerprint density at radius 3 is 2.40 bits per heavy atom. The van der Waals surface area contributed by atoms with E-state index in [0.717, 1.165) is 5.69 Å². The number of aromatic nitrogens is 1. The van der Waals surface area contributed by atoms with Crippen LogP contribution in [0.3, 0.4) is 0 Å². The fourth-order valence-corrected chi connectivity index (χ4v) is 3.92. The molecule has 1 aromatic heterocycles. The summed E-state index contributed by atoms with van der Waals surface area (Å²) in [6.45, 7) is 0.476. The smallest absolute Gasteiger partial charge is 0.319 e. The summed E-state index contributed by atoms with van der Waals surface area (Å²) in [5, 5.41) is 25.8. The molecule has 0 unspecified atom stereocenters. The second-order valence-corrected chi connectivity index (χ2v) is 7.86. The van der Waals surface area contributed by atoms with Crippen LogP contribution in [0.15, 0.2) is 42.6 Å². The molecule has 2 aromatic rings. The van der Waals surface area contributed by atoms with Crippen molar-refractivity contribution in [3.63, 3.8) is 0 Å². The minimum Gasteiger partial charge on any atom is -0.497 e. The highest BCUT2D eigenvalue weighted by molar-refractivity contribution is 5.89. The van der Waals surface area contributed by atoms with Crippen molar-refractivity contribution < 1.29 is 29.2 Å². The van der Waals surface area contributed by atoms with E-state index in [1.165, 1.54) is 14.2 Å². The number of anilines is 1. The van der Waals surface area contributed by atoms with E-state index >= 15 is 0 Å². The number of aliphatic hydroxyl groups is 2. The van der Waals surface area contributed by atoms with Crippen LogP contribution in [-0.4, -0.2) is 91.4 Å². The molecule has 0 aliphatic carbocycles. The number of nitrogens with zero attached hydrogens (tertiary/aromatic N) is 2. The van der Waals surface area contributed by atoms with Crippen LogP contribution in [0.1, 0.15) is 5.69 Å². The van der Waals surface area contributed by atoms with E-state index in [1.807, 2.05) is 30.1 Å². The average molecular weight is 533 g/mol. The Hall–Kier alpha value is -2.34. The maximum atomic E-state index is 12.5. The highest BCUT2D eigenvalue weighted by atomic mass is 35.5. The zero-order valence-electron chi connectivity index (χ0n) is 19.9. The Bertz CT molecular complexity index is 889. The summed E-state index contributed by atoms with van der Waals surface area (Å²) < 4.78 is 16.3. The third-order valence-electron chi connectivity index (χ3n) is 5.67. The Morgan fingerprint density at radius 1 is 1.14 bits per heavy atom. The number of rotatable bonds is 10. The Kier molecular flexibility index (Phi) is 13.1. The number of hydrogen-bond donors (Lipinski definition) is 4. The zero-order valence-corrected chi connectivity index (χ0v) is 21.6. The van der Waals surface area contributed by atoms with Gasteiger partial charge in [-0.3, -0.25) is 9.88 Å². The van der Waals surface area contributed by atoms with Gasteiger partial charge in [0.15, 0.2) is 0 Å². The molecule has 10 nitrogen and oxygen atoms in total. The normalized spacial score (nSPS) is 21.0. The van der Waals surface area contributed by atoms with Gasteiger partial charge in [-0.2, -0.15) is 0 Å². The number of benzene rings is 1. The monoisotopic (exact) mass is 532 g/mol. The predicted molar refractivity (Wildman–Crippen MR) is 137 cm³/mol. The molecular weight excluding hydrogens is 499 g/mol. The van der Waals surface area contributed by atoms with Gasteiger partial charge in [0.2, 0.25) is 0 Å². The van der Waals surface area contributed by atoms with Gasteiger partial charge in [-0.1, -0.05) is 6.07 Å². The van der Waals surface area contributed by atoms with Crippen molar-refractivity contribution in [3.05, 3.63) is 48.3 Å². The maximum Gasteiger partial charge on any atom is 0.319 e. The molecule has 3 rings (SSSR count). The van der Waals surface area contributed by atoms with E-state index < -0.39 is 30.4 Å². The molecule has 12 heteroatoms. The lowest BCUT2D eigenvalue weighted by atomic mass is 10.0. The van der Waals surface area contributed by atoms with E-state index in [1.54, 1.807) is 24.4 Å². The lowest BCUT2D eigenvalue weighted by Crippen LogP contribution is -2.50. The van der Waals surface area contributed by atoms with Gasteiger partial charge in [0.25, 0.3) is 0 Å². The van der Waals surface area contributed by atoms with E-state index in [0.29, 0.717) is 30.2 Å². The standard InChI is InChI=1S/C23H32N4O6.2ClH/c1-27(9-7-15-6-4-5-8-24-15)21-19(33-20(14-28)22(21)29)13-25-23(30)26-16-10-17(31-2)12-18(11-16)32-3;;/h4-6,8,10-12,19-22,28-29H,7,9,13-14H2,1-3H3,(H2,25,26,30);2*1H/t19-,20+,21+,22-;;/m1../s1. The number of hydrogen-bond acceptors (Lipinski definition) is 8. The highest BCUT2D eigenvalue weighted by Gasteiger charge is 2.45. The number of amides is 2. The SMILES string of the molecule is COc1cc(NC(=O)NC[C@H]2O[C@@H](CO)[C@@H](O)[C@H]2N(C)CCc2ccccn2)cc(OC)c1.Cl.Cl. The number of urea groups is 1. The van der Waals surface area contributed by atoms with Gasteiger partial charge < -0.3 is 35.1 Å². The summed E-state index contributed by atoms with van der Waals surface area (Å²) in [5.74, 6) is 1.10. The molecule has 35 heavy (non-hydrogen) atoms. The molecule has 4 N–H and O–H groups in total. The van der Waals surface area contributed by atoms with Crippen LogP contribution in [0.2, 0.25) is 0 Å². The van der Waals surface area contributed by atoms with Crippen LogP contribution in [0.4, 0.5) is 10.5 Å². The molecule has 0 bridgehead atoms. The van der Waals surface area contributed by atoms with Crippen LogP contribution < -0.4 is 20.1 Å². The van der Waals surface area contributed by atoms with Crippen molar-refractivity contribution in [2.75, 3.05) is 46.3 Å².